The lowest BCUT2D eigenvalue weighted by atomic mass is 10.2. The Balaban J connectivity index is 2.14. The van der Waals surface area contributed by atoms with Crippen molar-refractivity contribution in [3.05, 3.63) is 24.0 Å². The van der Waals surface area contributed by atoms with Crippen LogP contribution in [0.25, 0.3) is 0 Å². The molecule has 3 nitrogen and oxygen atoms in total. The van der Waals surface area contributed by atoms with Gasteiger partial charge in [0.1, 0.15) is 5.82 Å². The fourth-order valence-corrected chi connectivity index (χ4v) is 1.97. The van der Waals surface area contributed by atoms with Crippen molar-refractivity contribution < 1.29 is 4.39 Å². The smallest absolute Gasteiger partial charge is 0.148 e. The highest BCUT2D eigenvalue weighted by Gasteiger charge is 2.17. The Morgan fingerprint density at radius 3 is 2.44 bits per heavy atom. The first-order valence-electron chi connectivity index (χ1n) is 5.61. The van der Waals surface area contributed by atoms with Gasteiger partial charge in [0.05, 0.1) is 5.69 Å². The number of rotatable bonds is 2. The zero-order chi connectivity index (χ0) is 11.5. The molecule has 0 saturated carbocycles. The van der Waals surface area contributed by atoms with Crippen LogP contribution >= 0.6 is 0 Å². The molecule has 1 heterocycles. The van der Waals surface area contributed by atoms with Gasteiger partial charge in [-0.3, -0.25) is 0 Å². The first-order valence-corrected chi connectivity index (χ1v) is 5.61. The van der Waals surface area contributed by atoms with E-state index in [1.54, 1.807) is 13.1 Å². The second kappa shape index (κ2) is 4.70. The van der Waals surface area contributed by atoms with Crippen molar-refractivity contribution in [2.75, 3.05) is 50.5 Å². The van der Waals surface area contributed by atoms with E-state index in [9.17, 15) is 4.39 Å². The van der Waals surface area contributed by atoms with E-state index in [1.165, 1.54) is 0 Å². The number of halogens is 1. The van der Waals surface area contributed by atoms with E-state index in [0.29, 0.717) is 5.69 Å². The molecule has 0 radical (unpaired) electrons. The van der Waals surface area contributed by atoms with Crippen LogP contribution in [-0.2, 0) is 0 Å². The largest absolute Gasteiger partial charge is 0.388 e. The molecular weight excluding hydrogens is 205 g/mol. The van der Waals surface area contributed by atoms with Crippen LogP contribution in [0.15, 0.2) is 18.2 Å². The molecule has 0 spiro atoms. The molecule has 0 bridgehead atoms. The number of anilines is 2. The lowest BCUT2D eigenvalue weighted by molar-refractivity contribution is 0.311. The van der Waals surface area contributed by atoms with E-state index in [1.807, 2.05) is 12.1 Å². The Morgan fingerprint density at radius 1 is 1.19 bits per heavy atom. The Labute approximate surface area is 95.9 Å². The van der Waals surface area contributed by atoms with Crippen molar-refractivity contribution in [2.45, 2.75) is 0 Å². The van der Waals surface area contributed by atoms with Crippen LogP contribution in [-0.4, -0.2) is 45.2 Å². The summed E-state index contributed by atoms with van der Waals surface area (Å²) in [5.41, 5.74) is 1.53. The first kappa shape index (κ1) is 11.2. The number of benzene rings is 1. The molecule has 1 aromatic rings. The van der Waals surface area contributed by atoms with Crippen LogP contribution in [0.5, 0.6) is 0 Å². The van der Waals surface area contributed by atoms with Gasteiger partial charge in [-0.25, -0.2) is 4.39 Å². The quantitative estimate of drug-likeness (QED) is 0.822. The Hall–Kier alpha value is -1.29. The van der Waals surface area contributed by atoms with Gasteiger partial charge in [-0.15, -0.1) is 0 Å². The minimum absolute atomic E-state index is 0.142. The molecule has 4 heteroatoms. The van der Waals surface area contributed by atoms with Gasteiger partial charge in [-0.1, -0.05) is 0 Å². The first-order chi connectivity index (χ1) is 7.70. The van der Waals surface area contributed by atoms with E-state index >= 15 is 0 Å². The van der Waals surface area contributed by atoms with Crippen molar-refractivity contribution in [3.63, 3.8) is 0 Å². The van der Waals surface area contributed by atoms with Gasteiger partial charge < -0.3 is 15.1 Å². The number of hydrogen-bond acceptors (Lipinski definition) is 3. The second-order valence-electron chi connectivity index (χ2n) is 4.21. The summed E-state index contributed by atoms with van der Waals surface area (Å²) in [4.78, 5) is 4.37. The summed E-state index contributed by atoms with van der Waals surface area (Å²) in [6.07, 6.45) is 0. The van der Waals surface area contributed by atoms with Gasteiger partial charge in [-0.2, -0.15) is 0 Å². The zero-order valence-corrected chi connectivity index (χ0v) is 9.83. The van der Waals surface area contributed by atoms with Crippen LogP contribution in [0.3, 0.4) is 0 Å². The van der Waals surface area contributed by atoms with E-state index in [2.05, 4.69) is 22.2 Å². The lowest BCUT2D eigenvalue weighted by Crippen LogP contribution is -2.44. The minimum Gasteiger partial charge on any atom is -0.388 e. The summed E-state index contributed by atoms with van der Waals surface area (Å²) >= 11 is 0. The van der Waals surface area contributed by atoms with E-state index < -0.39 is 0 Å². The van der Waals surface area contributed by atoms with E-state index in [-0.39, 0.29) is 5.82 Å². The summed E-state index contributed by atoms with van der Waals surface area (Å²) in [5, 5.41) is 2.94. The normalized spacial score (nSPS) is 17.6. The predicted molar refractivity (Wildman–Crippen MR) is 65.7 cm³/mol. The molecule has 0 atom stereocenters. The average molecular weight is 223 g/mol. The number of nitrogens with zero attached hydrogens (tertiary/aromatic N) is 2. The monoisotopic (exact) mass is 223 g/mol. The van der Waals surface area contributed by atoms with Gasteiger partial charge in [0, 0.05) is 38.9 Å². The molecule has 0 aromatic heterocycles. The van der Waals surface area contributed by atoms with Gasteiger partial charge >= 0.3 is 0 Å². The molecular formula is C12H18FN3. The fraction of sp³-hybridized carbons (Fsp3) is 0.500. The van der Waals surface area contributed by atoms with E-state index in [4.69, 9.17) is 0 Å². The van der Waals surface area contributed by atoms with Gasteiger partial charge in [-0.05, 0) is 25.2 Å². The second-order valence-corrected chi connectivity index (χ2v) is 4.21. The van der Waals surface area contributed by atoms with Crippen molar-refractivity contribution in [1.29, 1.82) is 0 Å². The molecule has 1 fully saturated rings. The van der Waals surface area contributed by atoms with Crippen molar-refractivity contribution in [1.82, 2.24) is 4.90 Å². The van der Waals surface area contributed by atoms with Crippen molar-refractivity contribution in [3.8, 4) is 0 Å². The molecule has 16 heavy (non-hydrogen) atoms. The highest BCUT2D eigenvalue weighted by molar-refractivity contribution is 5.56. The molecule has 1 aliphatic heterocycles. The number of piperazine rings is 1. The number of nitrogens with one attached hydrogen (secondary N) is 1. The Bertz CT molecular complexity index is 359. The van der Waals surface area contributed by atoms with Gasteiger partial charge in [0.25, 0.3) is 0 Å². The molecule has 1 saturated heterocycles. The predicted octanol–water partition coefficient (Wildman–Crippen LogP) is 1.62. The third-order valence-electron chi connectivity index (χ3n) is 3.08. The third kappa shape index (κ3) is 2.27. The molecule has 1 aromatic carbocycles. The Kier molecular flexibility index (Phi) is 3.29. The zero-order valence-electron chi connectivity index (χ0n) is 9.83. The lowest BCUT2D eigenvalue weighted by Gasteiger charge is -2.34. The average Bonchev–Trinajstić information content (AvgIpc) is 2.30. The minimum atomic E-state index is -0.142. The highest BCUT2D eigenvalue weighted by Crippen LogP contribution is 2.23. The maximum atomic E-state index is 13.8. The molecule has 1 N–H and O–H groups in total. The van der Waals surface area contributed by atoms with Crippen molar-refractivity contribution in [2.24, 2.45) is 0 Å². The van der Waals surface area contributed by atoms with Gasteiger partial charge in [0.15, 0.2) is 0 Å². The summed E-state index contributed by atoms with van der Waals surface area (Å²) in [6, 6.07) is 5.32. The molecule has 88 valence electrons. The topological polar surface area (TPSA) is 18.5 Å². The maximum Gasteiger partial charge on any atom is 0.148 e. The van der Waals surface area contributed by atoms with Crippen LogP contribution in [0, 0.1) is 5.82 Å². The van der Waals surface area contributed by atoms with Crippen LogP contribution in [0.1, 0.15) is 0 Å². The van der Waals surface area contributed by atoms with Crippen molar-refractivity contribution >= 4 is 11.4 Å². The molecule has 0 unspecified atom stereocenters. The molecule has 2 rings (SSSR count). The summed E-state index contributed by atoms with van der Waals surface area (Å²) in [7, 11) is 3.89. The molecule has 1 aliphatic rings. The summed E-state index contributed by atoms with van der Waals surface area (Å²) < 4.78 is 13.8. The molecule has 0 amide bonds. The van der Waals surface area contributed by atoms with Crippen LogP contribution in [0.2, 0.25) is 0 Å². The highest BCUT2D eigenvalue weighted by atomic mass is 19.1. The number of hydrogen-bond donors (Lipinski definition) is 1. The maximum absolute atomic E-state index is 13.8. The SMILES string of the molecule is CNc1ccc(N2CCN(C)CC2)c(F)c1. The number of likely N-dealkylation sites (N-methyl/N-ethyl adjacent to an activating group) is 1. The van der Waals surface area contributed by atoms with Crippen LogP contribution in [0.4, 0.5) is 15.8 Å². The van der Waals surface area contributed by atoms with Gasteiger partial charge in [0.2, 0.25) is 0 Å². The standard InChI is InChI=1S/C12H18FN3/c1-14-10-3-4-12(11(13)9-10)16-7-5-15(2)6-8-16/h3-4,9,14H,5-8H2,1-2H3. The molecule has 0 aliphatic carbocycles. The Morgan fingerprint density at radius 2 is 1.88 bits per heavy atom. The van der Waals surface area contributed by atoms with Crippen LogP contribution < -0.4 is 10.2 Å². The fourth-order valence-electron chi connectivity index (χ4n) is 1.97. The third-order valence-corrected chi connectivity index (χ3v) is 3.08. The van der Waals surface area contributed by atoms with E-state index in [0.717, 1.165) is 31.9 Å². The summed E-state index contributed by atoms with van der Waals surface area (Å²) in [5.74, 6) is -0.142. The summed E-state index contributed by atoms with van der Waals surface area (Å²) in [6.45, 7) is 3.78.